The van der Waals surface area contributed by atoms with Crippen molar-refractivity contribution < 1.29 is 14.3 Å². The number of nitriles is 1. The van der Waals surface area contributed by atoms with E-state index >= 15 is 0 Å². The Labute approximate surface area is 160 Å². The maximum Gasteiger partial charge on any atom is 0.266 e. The number of methoxy groups -OCH3 is 1. The number of hydrogen-bond acceptors (Lipinski definition) is 4. The molecule has 0 spiro atoms. The van der Waals surface area contributed by atoms with Crippen LogP contribution in [-0.4, -0.2) is 19.6 Å². The van der Waals surface area contributed by atoms with Crippen molar-refractivity contribution in [3.8, 4) is 17.6 Å². The number of ether oxygens (including phenoxy) is 2. The van der Waals surface area contributed by atoms with E-state index in [0.717, 1.165) is 14.9 Å². The molecule has 0 aromatic heterocycles. The molecule has 0 aliphatic carbocycles. The van der Waals surface area contributed by atoms with Crippen molar-refractivity contribution in [3.05, 3.63) is 57.2 Å². The van der Waals surface area contributed by atoms with Crippen LogP contribution in [0.4, 0.5) is 5.69 Å². The fraction of sp³-hybridized carbons (Fsp3) is 0.158. The van der Waals surface area contributed by atoms with Crippen molar-refractivity contribution in [2.45, 2.75) is 6.92 Å². The summed E-state index contributed by atoms with van der Waals surface area (Å²) in [6.07, 6.45) is 1.54. The SMILES string of the molecule is CCOc1ccc(NC(=O)/C(C#N)=C/c2cc(I)cc(OC)c2)cc1. The van der Waals surface area contributed by atoms with E-state index in [2.05, 4.69) is 27.9 Å². The number of nitrogens with zero attached hydrogens (tertiary/aromatic N) is 1. The molecule has 2 aromatic rings. The smallest absolute Gasteiger partial charge is 0.266 e. The third kappa shape index (κ3) is 5.50. The number of carbonyl (C=O) groups is 1. The average Bonchev–Trinajstić information content (AvgIpc) is 2.61. The Morgan fingerprint density at radius 3 is 2.56 bits per heavy atom. The summed E-state index contributed by atoms with van der Waals surface area (Å²) in [7, 11) is 1.57. The van der Waals surface area contributed by atoms with Gasteiger partial charge in [0, 0.05) is 9.26 Å². The molecule has 0 aliphatic rings. The van der Waals surface area contributed by atoms with E-state index in [-0.39, 0.29) is 5.57 Å². The molecule has 1 amide bonds. The maximum atomic E-state index is 12.3. The van der Waals surface area contributed by atoms with Crippen LogP contribution in [0, 0.1) is 14.9 Å². The standard InChI is InChI=1S/C19H17IN2O3/c1-3-25-17-6-4-16(5-7-17)22-19(23)14(12-21)8-13-9-15(20)11-18(10-13)24-2/h4-11H,3H2,1-2H3,(H,22,23)/b14-8+. The molecule has 0 heterocycles. The zero-order chi connectivity index (χ0) is 18.2. The largest absolute Gasteiger partial charge is 0.497 e. The van der Waals surface area contributed by atoms with Crippen LogP contribution in [0.2, 0.25) is 0 Å². The number of anilines is 1. The molecule has 2 aromatic carbocycles. The number of benzene rings is 2. The molecule has 1 N–H and O–H groups in total. The third-order valence-corrected chi connectivity index (χ3v) is 3.85. The minimum atomic E-state index is -0.468. The number of nitrogens with one attached hydrogen (secondary N) is 1. The van der Waals surface area contributed by atoms with E-state index in [1.54, 1.807) is 37.4 Å². The summed E-state index contributed by atoms with van der Waals surface area (Å²) in [6.45, 7) is 2.48. The van der Waals surface area contributed by atoms with Gasteiger partial charge in [-0.2, -0.15) is 5.26 Å². The second-order valence-corrected chi connectivity index (χ2v) is 6.25. The van der Waals surface area contributed by atoms with Crippen molar-refractivity contribution in [2.75, 3.05) is 19.0 Å². The number of amides is 1. The first kappa shape index (κ1) is 18.8. The predicted molar refractivity (Wildman–Crippen MR) is 106 cm³/mol. The first-order valence-electron chi connectivity index (χ1n) is 7.56. The minimum Gasteiger partial charge on any atom is -0.497 e. The van der Waals surface area contributed by atoms with Gasteiger partial charge in [-0.05, 0) is 83.6 Å². The van der Waals surface area contributed by atoms with Crippen LogP contribution in [0.25, 0.3) is 6.08 Å². The van der Waals surface area contributed by atoms with Crippen LogP contribution in [0.3, 0.4) is 0 Å². The van der Waals surface area contributed by atoms with Crippen molar-refractivity contribution in [3.63, 3.8) is 0 Å². The molecule has 0 atom stereocenters. The van der Waals surface area contributed by atoms with Gasteiger partial charge in [0.1, 0.15) is 23.1 Å². The lowest BCUT2D eigenvalue weighted by Crippen LogP contribution is -2.13. The van der Waals surface area contributed by atoms with E-state index in [1.807, 2.05) is 25.1 Å². The maximum absolute atomic E-state index is 12.3. The zero-order valence-electron chi connectivity index (χ0n) is 13.9. The second kappa shape index (κ2) is 9.08. The zero-order valence-corrected chi connectivity index (χ0v) is 16.0. The van der Waals surface area contributed by atoms with Gasteiger partial charge in [0.2, 0.25) is 0 Å². The van der Waals surface area contributed by atoms with Crippen molar-refractivity contribution >= 4 is 40.3 Å². The summed E-state index contributed by atoms with van der Waals surface area (Å²) in [5, 5.41) is 12.0. The quantitative estimate of drug-likeness (QED) is 0.408. The number of halogens is 1. The molecular weight excluding hydrogens is 431 g/mol. The van der Waals surface area contributed by atoms with E-state index in [1.165, 1.54) is 6.08 Å². The van der Waals surface area contributed by atoms with Crippen LogP contribution in [-0.2, 0) is 4.79 Å². The molecule has 25 heavy (non-hydrogen) atoms. The van der Waals surface area contributed by atoms with E-state index in [9.17, 15) is 10.1 Å². The Kier molecular flexibility index (Phi) is 6.83. The van der Waals surface area contributed by atoms with Gasteiger partial charge in [0.15, 0.2) is 0 Å². The third-order valence-electron chi connectivity index (χ3n) is 3.23. The molecule has 128 valence electrons. The molecule has 0 saturated heterocycles. The number of carbonyl (C=O) groups excluding carboxylic acids is 1. The summed E-state index contributed by atoms with van der Waals surface area (Å²) in [5.41, 5.74) is 1.33. The van der Waals surface area contributed by atoms with Gasteiger partial charge in [-0.1, -0.05) is 0 Å². The van der Waals surface area contributed by atoms with Crippen molar-refractivity contribution in [2.24, 2.45) is 0 Å². The highest BCUT2D eigenvalue weighted by Crippen LogP contribution is 2.21. The molecule has 2 rings (SSSR count). The summed E-state index contributed by atoms with van der Waals surface area (Å²) in [4.78, 5) is 12.3. The predicted octanol–water partition coefficient (Wildman–Crippen LogP) is 4.24. The lowest BCUT2D eigenvalue weighted by atomic mass is 10.1. The molecule has 6 heteroatoms. The lowest BCUT2D eigenvalue weighted by molar-refractivity contribution is -0.112. The fourth-order valence-electron chi connectivity index (χ4n) is 2.10. The van der Waals surface area contributed by atoms with Crippen LogP contribution >= 0.6 is 22.6 Å². The summed E-state index contributed by atoms with van der Waals surface area (Å²) in [5.74, 6) is 0.925. The molecule has 5 nitrogen and oxygen atoms in total. The number of rotatable bonds is 6. The Hall–Kier alpha value is -2.53. The Morgan fingerprint density at radius 2 is 1.96 bits per heavy atom. The van der Waals surface area contributed by atoms with Gasteiger partial charge in [0.05, 0.1) is 13.7 Å². The highest BCUT2D eigenvalue weighted by atomic mass is 127. The molecule has 0 saturated carbocycles. The average molecular weight is 448 g/mol. The van der Waals surface area contributed by atoms with Gasteiger partial charge < -0.3 is 14.8 Å². The summed E-state index contributed by atoms with van der Waals surface area (Å²) < 4.78 is 11.5. The second-order valence-electron chi connectivity index (χ2n) is 5.01. The monoisotopic (exact) mass is 448 g/mol. The number of hydrogen-bond donors (Lipinski definition) is 1. The minimum absolute atomic E-state index is 0.0120. The normalized spacial score (nSPS) is 10.7. The highest BCUT2D eigenvalue weighted by Gasteiger charge is 2.10. The Morgan fingerprint density at radius 1 is 1.24 bits per heavy atom. The van der Waals surface area contributed by atoms with Gasteiger partial charge >= 0.3 is 0 Å². The van der Waals surface area contributed by atoms with E-state index in [0.29, 0.717) is 18.0 Å². The summed E-state index contributed by atoms with van der Waals surface area (Å²) in [6, 6.07) is 14.4. The molecule has 0 bridgehead atoms. The lowest BCUT2D eigenvalue weighted by Gasteiger charge is -2.07. The van der Waals surface area contributed by atoms with Crippen molar-refractivity contribution in [1.82, 2.24) is 0 Å². The van der Waals surface area contributed by atoms with Crippen molar-refractivity contribution in [1.29, 1.82) is 5.26 Å². The molecule has 0 fully saturated rings. The van der Waals surface area contributed by atoms with Crippen LogP contribution in [0.15, 0.2) is 48.0 Å². The molecular formula is C19H17IN2O3. The van der Waals surface area contributed by atoms with Gasteiger partial charge in [-0.25, -0.2) is 0 Å². The van der Waals surface area contributed by atoms with Gasteiger partial charge in [0.25, 0.3) is 5.91 Å². The fourth-order valence-corrected chi connectivity index (χ4v) is 2.77. The van der Waals surface area contributed by atoms with E-state index < -0.39 is 5.91 Å². The Bertz CT molecular complexity index is 824. The van der Waals surface area contributed by atoms with Gasteiger partial charge in [-0.3, -0.25) is 4.79 Å². The summed E-state index contributed by atoms with van der Waals surface area (Å²) >= 11 is 2.15. The van der Waals surface area contributed by atoms with Gasteiger partial charge in [-0.15, -0.1) is 0 Å². The first-order valence-corrected chi connectivity index (χ1v) is 8.64. The Balaban J connectivity index is 2.18. The van der Waals surface area contributed by atoms with E-state index in [4.69, 9.17) is 9.47 Å². The molecule has 0 unspecified atom stereocenters. The highest BCUT2D eigenvalue weighted by molar-refractivity contribution is 14.1. The van der Waals surface area contributed by atoms with Crippen LogP contribution < -0.4 is 14.8 Å². The first-order chi connectivity index (χ1) is 12.0. The van der Waals surface area contributed by atoms with Crippen LogP contribution in [0.5, 0.6) is 11.5 Å². The topological polar surface area (TPSA) is 71.3 Å². The molecule has 0 radical (unpaired) electrons. The molecule has 0 aliphatic heterocycles. The van der Waals surface area contributed by atoms with Crippen LogP contribution in [0.1, 0.15) is 12.5 Å².